The van der Waals surface area contributed by atoms with E-state index in [2.05, 4.69) is 31.1 Å². The molecule has 2 N–H and O–H groups in total. The third kappa shape index (κ3) is 4.99. The molecule has 0 bridgehead atoms. The smallest absolute Gasteiger partial charge is 0.354 e. The molecule has 0 radical (unpaired) electrons. The first-order valence-corrected chi connectivity index (χ1v) is 6.53. The van der Waals surface area contributed by atoms with E-state index in [0.29, 0.717) is 0 Å². The fourth-order valence-electron chi connectivity index (χ4n) is 2.42. The zero-order valence-electron chi connectivity index (χ0n) is 12.7. The SMILES string of the molecule is CC(C)(C)CC(C)(C)NC(=O)c1cccc(C(=O)O)n1. The molecule has 0 saturated heterocycles. The summed E-state index contributed by atoms with van der Waals surface area (Å²) in [5, 5.41) is 11.8. The number of aromatic carboxylic acids is 1. The molecule has 0 spiro atoms. The Hall–Kier alpha value is -1.91. The van der Waals surface area contributed by atoms with E-state index in [-0.39, 0.29) is 22.7 Å². The standard InChI is InChI=1S/C15H22N2O3/c1-14(2,3)9-15(4,5)17-12(18)10-7-6-8-11(16-10)13(19)20/h6-8H,9H2,1-5H3,(H,17,18)(H,19,20). The van der Waals surface area contributed by atoms with Crippen LogP contribution in [0.15, 0.2) is 18.2 Å². The Kier molecular flexibility index (Phi) is 4.53. The van der Waals surface area contributed by atoms with Crippen LogP contribution < -0.4 is 5.32 Å². The van der Waals surface area contributed by atoms with Gasteiger partial charge in [-0.05, 0) is 37.8 Å². The number of nitrogens with zero attached hydrogens (tertiary/aromatic N) is 1. The molecule has 0 saturated carbocycles. The average Bonchev–Trinajstić information content (AvgIpc) is 2.25. The Bertz CT molecular complexity index is 516. The summed E-state index contributed by atoms with van der Waals surface area (Å²) in [5.74, 6) is -1.50. The van der Waals surface area contributed by atoms with Crippen molar-refractivity contribution < 1.29 is 14.7 Å². The second-order valence-corrected chi connectivity index (χ2v) is 6.79. The quantitative estimate of drug-likeness (QED) is 0.887. The Morgan fingerprint density at radius 3 is 2.20 bits per heavy atom. The number of carbonyl (C=O) groups excluding carboxylic acids is 1. The largest absolute Gasteiger partial charge is 0.477 e. The van der Waals surface area contributed by atoms with E-state index in [1.807, 2.05) is 13.8 Å². The summed E-state index contributed by atoms with van der Waals surface area (Å²) < 4.78 is 0. The van der Waals surface area contributed by atoms with Crippen LogP contribution in [-0.2, 0) is 0 Å². The van der Waals surface area contributed by atoms with Crippen LogP contribution in [0.5, 0.6) is 0 Å². The predicted octanol–water partition coefficient (Wildman–Crippen LogP) is 2.72. The van der Waals surface area contributed by atoms with Gasteiger partial charge in [0.1, 0.15) is 11.4 Å². The van der Waals surface area contributed by atoms with Crippen LogP contribution in [0.1, 0.15) is 62.0 Å². The number of nitrogens with one attached hydrogen (secondary N) is 1. The lowest BCUT2D eigenvalue weighted by Gasteiger charge is -2.33. The highest BCUT2D eigenvalue weighted by Crippen LogP contribution is 2.26. The van der Waals surface area contributed by atoms with E-state index >= 15 is 0 Å². The van der Waals surface area contributed by atoms with Crippen molar-refractivity contribution in [3.8, 4) is 0 Å². The molecule has 0 atom stereocenters. The van der Waals surface area contributed by atoms with Gasteiger partial charge in [0.25, 0.3) is 5.91 Å². The maximum atomic E-state index is 12.2. The van der Waals surface area contributed by atoms with E-state index < -0.39 is 11.5 Å². The Labute approximate surface area is 119 Å². The number of aromatic nitrogens is 1. The number of hydrogen-bond donors (Lipinski definition) is 2. The molecule has 5 nitrogen and oxygen atoms in total. The molecule has 1 amide bonds. The van der Waals surface area contributed by atoms with Crippen LogP contribution in [0.25, 0.3) is 0 Å². The molecule has 1 aromatic heterocycles. The molecular formula is C15H22N2O3. The topological polar surface area (TPSA) is 79.3 Å². The molecular weight excluding hydrogens is 256 g/mol. The third-order valence-corrected chi connectivity index (χ3v) is 2.63. The number of amides is 1. The summed E-state index contributed by atoms with van der Waals surface area (Å²) in [6.07, 6.45) is 0.796. The monoisotopic (exact) mass is 278 g/mol. The second-order valence-electron chi connectivity index (χ2n) is 6.79. The first-order chi connectivity index (χ1) is 9.00. The van der Waals surface area contributed by atoms with E-state index in [1.165, 1.54) is 18.2 Å². The van der Waals surface area contributed by atoms with Crippen molar-refractivity contribution in [1.82, 2.24) is 10.3 Å². The third-order valence-electron chi connectivity index (χ3n) is 2.63. The minimum absolute atomic E-state index is 0.0765. The van der Waals surface area contributed by atoms with Crippen molar-refractivity contribution in [1.29, 1.82) is 0 Å². The van der Waals surface area contributed by atoms with Gasteiger partial charge in [0.05, 0.1) is 0 Å². The van der Waals surface area contributed by atoms with Gasteiger partial charge in [-0.25, -0.2) is 9.78 Å². The van der Waals surface area contributed by atoms with Crippen LogP contribution in [0.3, 0.4) is 0 Å². The van der Waals surface area contributed by atoms with E-state index in [1.54, 1.807) is 0 Å². The highest BCUT2D eigenvalue weighted by Gasteiger charge is 2.27. The van der Waals surface area contributed by atoms with E-state index in [4.69, 9.17) is 5.11 Å². The number of carbonyl (C=O) groups is 2. The van der Waals surface area contributed by atoms with Crippen molar-refractivity contribution in [2.24, 2.45) is 5.41 Å². The van der Waals surface area contributed by atoms with Crippen LogP contribution in [0, 0.1) is 5.41 Å². The fourth-order valence-corrected chi connectivity index (χ4v) is 2.42. The summed E-state index contributed by atoms with van der Waals surface area (Å²) in [5.41, 5.74) is -0.332. The average molecular weight is 278 g/mol. The number of carboxylic acid groups (broad SMARTS) is 1. The zero-order chi connectivity index (χ0) is 15.6. The molecule has 0 aliphatic rings. The van der Waals surface area contributed by atoms with Crippen LogP contribution in [0.2, 0.25) is 0 Å². The molecule has 1 heterocycles. The molecule has 5 heteroatoms. The zero-order valence-corrected chi connectivity index (χ0v) is 12.7. The lowest BCUT2D eigenvalue weighted by Crippen LogP contribution is -2.46. The first-order valence-electron chi connectivity index (χ1n) is 6.53. The van der Waals surface area contributed by atoms with Gasteiger partial charge in [0, 0.05) is 5.54 Å². The second kappa shape index (κ2) is 5.61. The van der Waals surface area contributed by atoms with Crippen molar-refractivity contribution in [3.63, 3.8) is 0 Å². The maximum absolute atomic E-state index is 12.2. The number of carboxylic acids is 1. The van der Waals surface area contributed by atoms with Gasteiger partial charge < -0.3 is 10.4 Å². The number of rotatable bonds is 4. The normalized spacial score (nSPS) is 12.1. The molecule has 110 valence electrons. The van der Waals surface area contributed by atoms with Crippen molar-refractivity contribution >= 4 is 11.9 Å². The van der Waals surface area contributed by atoms with Gasteiger partial charge in [-0.2, -0.15) is 0 Å². The van der Waals surface area contributed by atoms with Crippen molar-refractivity contribution in [2.75, 3.05) is 0 Å². The van der Waals surface area contributed by atoms with Gasteiger partial charge in [-0.15, -0.1) is 0 Å². The first kappa shape index (κ1) is 16.1. The predicted molar refractivity (Wildman–Crippen MR) is 76.8 cm³/mol. The summed E-state index contributed by atoms with van der Waals surface area (Å²) in [6, 6.07) is 4.39. The Morgan fingerprint density at radius 2 is 1.70 bits per heavy atom. The molecule has 0 aromatic carbocycles. The lowest BCUT2D eigenvalue weighted by molar-refractivity contribution is 0.0690. The molecule has 0 fully saturated rings. The summed E-state index contributed by atoms with van der Waals surface area (Å²) in [6.45, 7) is 10.2. The molecule has 1 rings (SSSR count). The van der Waals surface area contributed by atoms with Crippen LogP contribution in [-0.4, -0.2) is 27.5 Å². The van der Waals surface area contributed by atoms with Gasteiger partial charge in [0.2, 0.25) is 0 Å². The van der Waals surface area contributed by atoms with Gasteiger partial charge >= 0.3 is 5.97 Å². The van der Waals surface area contributed by atoms with Crippen LogP contribution in [0.4, 0.5) is 0 Å². The minimum Gasteiger partial charge on any atom is -0.477 e. The Morgan fingerprint density at radius 1 is 1.15 bits per heavy atom. The molecule has 0 aliphatic heterocycles. The summed E-state index contributed by atoms with van der Waals surface area (Å²) in [7, 11) is 0. The highest BCUT2D eigenvalue weighted by atomic mass is 16.4. The number of pyridine rings is 1. The van der Waals surface area contributed by atoms with Gasteiger partial charge in [0.15, 0.2) is 0 Å². The van der Waals surface area contributed by atoms with Crippen molar-refractivity contribution in [3.05, 3.63) is 29.6 Å². The Balaban J connectivity index is 2.86. The molecule has 1 aromatic rings. The minimum atomic E-state index is -1.14. The maximum Gasteiger partial charge on any atom is 0.354 e. The highest BCUT2D eigenvalue weighted by molar-refractivity contribution is 5.94. The molecule has 20 heavy (non-hydrogen) atoms. The lowest BCUT2D eigenvalue weighted by atomic mass is 9.82. The van der Waals surface area contributed by atoms with Gasteiger partial charge in [-0.3, -0.25) is 4.79 Å². The van der Waals surface area contributed by atoms with Crippen LogP contribution >= 0.6 is 0 Å². The van der Waals surface area contributed by atoms with Gasteiger partial charge in [-0.1, -0.05) is 26.8 Å². The summed E-state index contributed by atoms with van der Waals surface area (Å²) in [4.78, 5) is 26.9. The summed E-state index contributed by atoms with van der Waals surface area (Å²) >= 11 is 0. The molecule has 0 unspecified atom stereocenters. The molecule has 0 aliphatic carbocycles. The van der Waals surface area contributed by atoms with E-state index in [9.17, 15) is 9.59 Å². The fraction of sp³-hybridized carbons (Fsp3) is 0.533. The van der Waals surface area contributed by atoms with E-state index in [0.717, 1.165) is 6.42 Å². The number of hydrogen-bond acceptors (Lipinski definition) is 3. The van der Waals surface area contributed by atoms with Crippen molar-refractivity contribution in [2.45, 2.75) is 46.6 Å².